The van der Waals surface area contributed by atoms with Gasteiger partial charge in [0.2, 0.25) is 0 Å². The second kappa shape index (κ2) is 10.5. The zero-order chi connectivity index (χ0) is 16.4. The van der Waals surface area contributed by atoms with Crippen molar-refractivity contribution in [3.05, 3.63) is 22.7 Å². The van der Waals surface area contributed by atoms with Crippen LogP contribution in [0.1, 0.15) is 12.5 Å². The molecular formula is C15H24ClN3O2S. The van der Waals surface area contributed by atoms with Crippen LogP contribution in [0.4, 0.5) is 0 Å². The number of thioether (sulfide) groups is 1. The van der Waals surface area contributed by atoms with Crippen molar-refractivity contribution in [3.8, 4) is 11.5 Å². The first-order chi connectivity index (χ1) is 10.7. The van der Waals surface area contributed by atoms with Gasteiger partial charge in [0.05, 0.1) is 18.7 Å². The molecule has 1 aromatic rings. The smallest absolute Gasteiger partial charge is 0.191 e. The lowest BCUT2D eigenvalue weighted by Gasteiger charge is -2.15. The Labute approximate surface area is 141 Å². The molecule has 0 bridgehead atoms. The Morgan fingerprint density at radius 3 is 2.73 bits per heavy atom. The molecule has 0 amide bonds. The molecule has 0 saturated carbocycles. The van der Waals surface area contributed by atoms with Gasteiger partial charge in [0.15, 0.2) is 17.5 Å². The van der Waals surface area contributed by atoms with Crippen molar-refractivity contribution in [3.63, 3.8) is 0 Å². The number of nitrogens with zero attached hydrogens (tertiary/aromatic N) is 1. The van der Waals surface area contributed by atoms with Gasteiger partial charge in [-0.1, -0.05) is 11.6 Å². The van der Waals surface area contributed by atoms with Crippen molar-refractivity contribution in [2.75, 3.05) is 39.3 Å². The fourth-order valence-electron chi connectivity index (χ4n) is 1.84. The molecule has 0 unspecified atom stereocenters. The lowest BCUT2D eigenvalue weighted by molar-refractivity contribution is 0.311. The Bertz CT molecular complexity index is 498. The van der Waals surface area contributed by atoms with E-state index in [1.807, 2.05) is 19.1 Å². The van der Waals surface area contributed by atoms with Gasteiger partial charge < -0.3 is 20.1 Å². The minimum absolute atomic E-state index is 0.541. The van der Waals surface area contributed by atoms with E-state index in [-0.39, 0.29) is 0 Å². The maximum Gasteiger partial charge on any atom is 0.191 e. The third-order valence-corrected chi connectivity index (χ3v) is 3.75. The number of ether oxygens (including phenoxy) is 2. The maximum absolute atomic E-state index is 6.26. The van der Waals surface area contributed by atoms with E-state index in [2.05, 4.69) is 21.9 Å². The first-order valence-electron chi connectivity index (χ1n) is 7.08. The molecule has 0 aliphatic carbocycles. The Morgan fingerprint density at radius 1 is 1.36 bits per heavy atom. The van der Waals surface area contributed by atoms with Crippen LogP contribution in [-0.4, -0.2) is 45.3 Å². The highest BCUT2D eigenvalue weighted by atomic mass is 35.5. The van der Waals surface area contributed by atoms with Crippen molar-refractivity contribution >= 4 is 29.3 Å². The normalized spacial score (nSPS) is 11.2. The van der Waals surface area contributed by atoms with Crippen LogP contribution in [0.5, 0.6) is 11.5 Å². The van der Waals surface area contributed by atoms with Gasteiger partial charge in [-0.25, -0.2) is 0 Å². The van der Waals surface area contributed by atoms with Gasteiger partial charge in [0.1, 0.15) is 0 Å². The maximum atomic E-state index is 6.26. The summed E-state index contributed by atoms with van der Waals surface area (Å²) in [6, 6.07) is 3.79. The first kappa shape index (κ1) is 18.8. The molecule has 0 fully saturated rings. The number of aliphatic imine (C=N–C) groups is 1. The number of hydrogen-bond acceptors (Lipinski definition) is 4. The van der Waals surface area contributed by atoms with Crippen molar-refractivity contribution in [2.24, 2.45) is 4.99 Å². The molecule has 1 aromatic carbocycles. The summed E-state index contributed by atoms with van der Waals surface area (Å²) in [5.41, 5.74) is 0.998. The zero-order valence-corrected chi connectivity index (χ0v) is 15.1. The van der Waals surface area contributed by atoms with Crippen LogP contribution >= 0.6 is 23.4 Å². The fourth-order valence-corrected chi connectivity index (χ4v) is 2.43. The van der Waals surface area contributed by atoms with Gasteiger partial charge in [0, 0.05) is 25.9 Å². The standard InChI is InChI=1S/C15H24ClN3O2S/c1-5-21-14-12(16)8-11(9-13(14)20-3)10-19-15(17-2)18-6-7-22-4/h8-9H,5-7,10H2,1-4H3,(H2,17,18,19). The van der Waals surface area contributed by atoms with Gasteiger partial charge >= 0.3 is 0 Å². The summed E-state index contributed by atoms with van der Waals surface area (Å²) in [6.45, 7) is 3.92. The Balaban J connectivity index is 2.71. The van der Waals surface area contributed by atoms with E-state index in [9.17, 15) is 0 Å². The fraction of sp³-hybridized carbons (Fsp3) is 0.533. The van der Waals surface area contributed by atoms with Gasteiger partial charge in [0.25, 0.3) is 0 Å². The third kappa shape index (κ3) is 5.85. The Kier molecular flexibility index (Phi) is 8.92. The molecule has 2 N–H and O–H groups in total. The molecule has 0 atom stereocenters. The van der Waals surface area contributed by atoms with E-state index in [1.165, 1.54) is 0 Å². The summed E-state index contributed by atoms with van der Waals surface area (Å²) >= 11 is 8.05. The summed E-state index contributed by atoms with van der Waals surface area (Å²) in [7, 11) is 3.36. The highest BCUT2D eigenvalue weighted by Crippen LogP contribution is 2.36. The van der Waals surface area contributed by atoms with Crippen molar-refractivity contribution in [1.82, 2.24) is 10.6 Å². The largest absolute Gasteiger partial charge is 0.493 e. The molecule has 5 nitrogen and oxygen atoms in total. The van der Waals surface area contributed by atoms with E-state index >= 15 is 0 Å². The van der Waals surface area contributed by atoms with Crippen LogP contribution in [0, 0.1) is 0 Å². The summed E-state index contributed by atoms with van der Waals surface area (Å²) in [6.07, 6.45) is 2.08. The first-order valence-corrected chi connectivity index (χ1v) is 8.86. The number of halogens is 1. The minimum atomic E-state index is 0.541. The molecule has 1 rings (SSSR count). The topological polar surface area (TPSA) is 54.9 Å². The molecule has 22 heavy (non-hydrogen) atoms. The van der Waals surface area contributed by atoms with Crippen molar-refractivity contribution in [1.29, 1.82) is 0 Å². The van der Waals surface area contributed by atoms with Crippen LogP contribution < -0.4 is 20.1 Å². The molecule has 7 heteroatoms. The predicted octanol–water partition coefficient (Wildman–Crippen LogP) is 2.78. The number of rotatable bonds is 8. The number of hydrogen-bond donors (Lipinski definition) is 2. The highest BCUT2D eigenvalue weighted by Gasteiger charge is 2.11. The van der Waals surface area contributed by atoms with Gasteiger partial charge in [-0.3, -0.25) is 4.99 Å². The summed E-state index contributed by atoms with van der Waals surface area (Å²) in [4.78, 5) is 4.18. The minimum Gasteiger partial charge on any atom is -0.493 e. The Morgan fingerprint density at radius 2 is 2.14 bits per heavy atom. The van der Waals surface area contributed by atoms with Crippen LogP contribution in [-0.2, 0) is 6.54 Å². The summed E-state index contributed by atoms with van der Waals surface area (Å²) < 4.78 is 10.9. The van der Waals surface area contributed by atoms with Crippen LogP contribution in [0.3, 0.4) is 0 Å². The molecule has 124 valence electrons. The van der Waals surface area contributed by atoms with E-state index < -0.39 is 0 Å². The van der Waals surface area contributed by atoms with Gasteiger partial charge in [-0.15, -0.1) is 0 Å². The molecule has 0 saturated heterocycles. The van der Waals surface area contributed by atoms with Crippen molar-refractivity contribution in [2.45, 2.75) is 13.5 Å². The van der Waals surface area contributed by atoms with E-state index in [0.29, 0.717) is 29.7 Å². The molecule has 0 aromatic heterocycles. The SMILES string of the molecule is CCOc1c(Cl)cc(CNC(=NC)NCCSC)cc1OC. The lowest BCUT2D eigenvalue weighted by atomic mass is 10.2. The monoisotopic (exact) mass is 345 g/mol. The average Bonchev–Trinajstić information content (AvgIpc) is 2.52. The predicted molar refractivity (Wildman–Crippen MR) is 95.8 cm³/mol. The zero-order valence-electron chi connectivity index (χ0n) is 13.5. The molecule has 0 aliphatic heterocycles. The summed E-state index contributed by atoms with van der Waals surface area (Å²) in [5.74, 6) is 3.01. The van der Waals surface area contributed by atoms with Crippen LogP contribution in [0.15, 0.2) is 17.1 Å². The highest BCUT2D eigenvalue weighted by molar-refractivity contribution is 7.98. The van der Waals surface area contributed by atoms with Crippen molar-refractivity contribution < 1.29 is 9.47 Å². The molecule has 0 aliphatic rings. The second-order valence-electron chi connectivity index (χ2n) is 4.39. The lowest BCUT2D eigenvalue weighted by Crippen LogP contribution is -2.37. The molecule has 0 radical (unpaired) electrons. The third-order valence-electron chi connectivity index (χ3n) is 2.86. The molecular weight excluding hydrogens is 322 g/mol. The number of nitrogens with one attached hydrogen (secondary N) is 2. The van der Waals surface area contributed by atoms with E-state index in [1.54, 1.807) is 25.9 Å². The van der Waals surface area contributed by atoms with Crippen LogP contribution in [0.25, 0.3) is 0 Å². The van der Waals surface area contributed by atoms with Gasteiger partial charge in [-0.2, -0.15) is 11.8 Å². The number of methoxy groups -OCH3 is 1. The van der Waals surface area contributed by atoms with E-state index in [4.69, 9.17) is 21.1 Å². The molecule has 0 heterocycles. The summed E-state index contributed by atoms with van der Waals surface area (Å²) in [5, 5.41) is 7.04. The number of benzene rings is 1. The van der Waals surface area contributed by atoms with E-state index in [0.717, 1.165) is 23.8 Å². The van der Waals surface area contributed by atoms with Gasteiger partial charge in [-0.05, 0) is 30.9 Å². The molecule has 0 spiro atoms. The quantitative estimate of drug-likeness (QED) is 0.431. The van der Waals surface area contributed by atoms with Crippen LogP contribution in [0.2, 0.25) is 5.02 Å². The second-order valence-corrected chi connectivity index (χ2v) is 5.78. The average molecular weight is 346 g/mol. The Hall–Kier alpha value is -1.27. The number of guanidine groups is 1.